The monoisotopic (exact) mass is 497 g/mol. The molecule has 11 heteroatoms. The number of carbonyl (C=O) groups is 1. The van der Waals surface area contributed by atoms with Gasteiger partial charge >= 0.3 is 0 Å². The number of amides is 1. The summed E-state index contributed by atoms with van der Waals surface area (Å²) in [6.07, 6.45) is 4.71. The number of aromatic amines is 1. The maximum absolute atomic E-state index is 14.6. The molecule has 2 N–H and O–H groups in total. The Kier molecular flexibility index (Phi) is 5.74. The van der Waals surface area contributed by atoms with Crippen molar-refractivity contribution in [1.82, 2.24) is 29.8 Å². The van der Waals surface area contributed by atoms with E-state index in [0.717, 1.165) is 38.9 Å². The van der Waals surface area contributed by atoms with Gasteiger partial charge in [0.1, 0.15) is 11.5 Å². The lowest BCUT2D eigenvalue weighted by atomic mass is 9.55. The molecule has 0 unspecified atom stereocenters. The molecule has 4 heterocycles. The predicted octanol–water partition coefficient (Wildman–Crippen LogP) is 2.01. The number of nitrogens with one attached hydrogen (secondary N) is 2. The van der Waals surface area contributed by atoms with Gasteiger partial charge in [-0.1, -0.05) is 0 Å². The molecule has 3 saturated carbocycles. The molecule has 36 heavy (non-hydrogen) atoms. The quantitative estimate of drug-likeness (QED) is 0.524. The molecule has 4 fully saturated rings. The van der Waals surface area contributed by atoms with E-state index in [2.05, 4.69) is 25.3 Å². The second-order valence-electron chi connectivity index (χ2n) is 10.3. The summed E-state index contributed by atoms with van der Waals surface area (Å²) in [5.74, 6) is 0.930. The lowest BCUT2D eigenvalue weighted by Gasteiger charge is -2.52. The first-order chi connectivity index (χ1) is 17.4. The van der Waals surface area contributed by atoms with Crippen molar-refractivity contribution >= 4 is 17.1 Å². The van der Waals surface area contributed by atoms with E-state index in [-0.39, 0.29) is 17.1 Å². The number of nitrogens with zero attached hydrogens (tertiary/aromatic N) is 5. The predicted molar refractivity (Wildman–Crippen MR) is 129 cm³/mol. The van der Waals surface area contributed by atoms with Crippen LogP contribution in [0, 0.1) is 29.5 Å². The molecule has 3 aliphatic carbocycles. The maximum atomic E-state index is 14.6. The molecule has 9 nitrogen and oxygen atoms in total. The van der Waals surface area contributed by atoms with Gasteiger partial charge in [-0.15, -0.1) is 0 Å². The Morgan fingerprint density at radius 2 is 1.89 bits per heavy atom. The summed E-state index contributed by atoms with van der Waals surface area (Å²) in [6, 6.07) is 4.45. The lowest BCUT2D eigenvalue weighted by molar-refractivity contribution is 0.00497. The SMILES string of the molecule is CNC(=O)c1ccc(N2CCN(C[C@H]3C[C@@H](c4nn5ccc(F)c5c(=O)[nH]4)C4CC3C4)CC2)c(F)n1. The molecule has 0 radical (unpaired) electrons. The van der Waals surface area contributed by atoms with Crippen LogP contribution in [0.2, 0.25) is 0 Å². The van der Waals surface area contributed by atoms with E-state index in [1.165, 1.54) is 23.8 Å². The minimum Gasteiger partial charge on any atom is -0.365 e. The van der Waals surface area contributed by atoms with E-state index in [9.17, 15) is 18.4 Å². The topological polar surface area (TPSA) is 98.6 Å². The van der Waals surface area contributed by atoms with Gasteiger partial charge in [0.2, 0.25) is 5.95 Å². The van der Waals surface area contributed by atoms with Crippen LogP contribution in [0.15, 0.2) is 29.2 Å². The fraction of sp³-hybridized carbons (Fsp3) is 0.520. The molecule has 190 valence electrons. The smallest absolute Gasteiger partial charge is 0.278 e. The summed E-state index contributed by atoms with van der Waals surface area (Å²) in [7, 11) is 1.49. The van der Waals surface area contributed by atoms with Crippen molar-refractivity contribution in [2.24, 2.45) is 17.8 Å². The first kappa shape index (κ1) is 23.1. The molecule has 1 aliphatic heterocycles. The lowest BCUT2D eigenvalue weighted by Crippen LogP contribution is -2.51. The van der Waals surface area contributed by atoms with Gasteiger partial charge in [0.05, 0.1) is 5.69 Å². The second kappa shape index (κ2) is 8.95. The first-order valence-corrected chi connectivity index (χ1v) is 12.5. The summed E-state index contributed by atoms with van der Waals surface area (Å²) in [5.41, 5.74) is 0.0285. The third kappa shape index (κ3) is 3.95. The Bertz CT molecular complexity index is 1360. The van der Waals surface area contributed by atoms with E-state index >= 15 is 0 Å². The van der Waals surface area contributed by atoms with Crippen molar-refractivity contribution in [2.45, 2.75) is 25.2 Å². The van der Waals surface area contributed by atoms with Gasteiger partial charge < -0.3 is 15.2 Å². The summed E-state index contributed by atoms with van der Waals surface area (Å²) < 4.78 is 29.8. The van der Waals surface area contributed by atoms with Gasteiger partial charge in [-0.2, -0.15) is 9.49 Å². The van der Waals surface area contributed by atoms with Crippen molar-refractivity contribution in [3.05, 3.63) is 58.0 Å². The molecule has 3 aromatic rings. The number of hydrogen-bond acceptors (Lipinski definition) is 6. The molecule has 0 spiro atoms. The number of carbonyl (C=O) groups excluding carboxylic acids is 1. The van der Waals surface area contributed by atoms with E-state index < -0.39 is 23.2 Å². The van der Waals surface area contributed by atoms with Crippen LogP contribution >= 0.6 is 0 Å². The molecule has 3 aromatic heterocycles. The number of pyridine rings is 1. The molecule has 2 atom stereocenters. The summed E-state index contributed by atoms with van der Waals surface area (Å²) >= 11 is 0. The van der Waals surface area contributed by atoms with Crippen LogP contribution < -0.4 is 15.8 Å². The minimum absolute atomic E-state index is 0.0367. The van der Waals surface area contributed by atoms with Crippen LogP contribution in [0.1, 0.15) is 41.5 Å². The van der Waals surface area contributed by atoms with Gasteiger partial charge in [0, 0.05) is 51.9 Å². The molecule has 1 amide bonds. The Labute approximate surface area is 206 Å². The highest BCUT2D eigenvalue weighted by Gasteiger charge is 2.47. The number of halogens is 2. The molecule has 0 aromatic carbocycles. The van der Waals surface area contributed by atoms with Crippen LogP contribution in [0.5, 0.6) is 0 Å². The van der Waals surface area contributed by atoms with Gasteiger partial charge in [-0.25, -0.2) is 13.9 Å². The Morgan fingerprint density at radius 3 is 2.61 bits per heavy atom. The Morgan fingerprint density at radius 1 is 1.11 bits per heavy atom. The molecule has 4 aliphatic rings. The van der Waals surface area contributed by atoms with E-state index in [1.54, 1.807) is 12.1 Å². The average Bonchev–Trinajstić information content (AvgIpc) is 3.24. The van der Waals surface area contributed by atoms with E-state index in [0.29, 0.717) is 42.4 Å². The Hall–Kier alpha value is -3.34. The van der Waals surface area contributed by atoms with Crippen LogP contribution in [-0.2, 0) is 0 Å². The zero-order valence-electron chi connectivity index (χ0n) is 20.1. The van der Waals surface area contributed by atoms with Crippen molar-refractivity contribution in [2.75, 3.05) is 44.7 Å². The highest BCUT2D eigenvalue weighted by Crippen LogP contribution is 2.55. The van der Waals surface area contributed by atoms with Crippen molar-refractivity contribution < 1.29 is 13.6 Å². The number of piperazine rings is 1. The first-order valence-electron chi connectivity index (χ1n) is 12.5. The van der Waals surface area contributed by atoms with E-state index in [4.69, 9.17) is 0 Å². The van der Waals surface area contributed by atoms with Crippen molar-refractivity contribution in [3.8, 4) is 0 Å². The molecule has 2 bridgehead atoms. The summed E-state index contributed by atoms with van der Waals surface area (Å²) in [6.45, 7) is 3.97. The number of hydrogen-bond donors (Lipinski definition) is 2. The van der Waals surface area contributed by atoms with Gasteiger partial charge in [0.25, 0.3) is 11.5 Å². The van der Waals surface area contributed by atoms with Gasteiger partial charge in [0.15, 0.2) is 11.3 Å². The highest BCUT2D eigenvalue weighted by molar-refractivity contribution is 5.92. The fourth-order valence-electron chi connectivity index (χ4n) is 6.29. The molecule has 1 saturated heterocycles. The molecular weight excluding hydrogens is 468 g/mol. The van der Waals surface area contributed by atoms with Crippen LogP contribution in [0.25, 0.3) is 5.52 Å². The largest absolute Gasteiger partial charge is 0.365 e. The average molecular weight is 498 g/mol. The zero-order chi connectivity index (χ0) is 25.0. The van der Waals surface area contributed by atoms with Gasteiger partial charge in [-0.3, -0.25) is 14.5 Å². The minimum atomic E-state index is -0.624. The van der Waals surface area contributed by atoms with Crippen LogP contribution in [0.3, 0.4) is 0 Å². The third-order valence-corrected chi connectivity index (χ3v) is 8.34. The molecular formula is C25H29F2N7O2. The Balaban J connectivity index is 1.10. The number of rotatable bonds is 5. The van der Waals surface area contributed by atoms with Crippen molar-refractivity contribution in [3.63, 3.8) is 0 Å². The van der Waals surface area contributed by atoms with Crippen LogP contribution in [0.4, 0.5) is 14.5 Å². The van der Waals surface area contributed by atoms with Crippen LogP contribution in [-0.4, -0.2) is 70.2 Å². The summed E-state index contributed by atoms with van der Waals surface area (Å²) in [5, 5.41) is 7.00. The number of anilines is 1. The number of aromatic nitrogens is 4. The number of fused-ring (bicyclic) bond motifs is 3. The fourth-order valence-corrected chi connectivity index (χ4v) is 6.29. The van der Waals surface area contributed by atoms with E-state index in [1.807, 2.05) is 4.90 Å². The molecule has 7 rings (SSSR count). The third-order valence-electron chi connectivity index (χ3n) is 8.34. The standard InChI is InChI=1S/C25H29F2N7O2/c1-28-24(35)19-2-3-20(22(27)29-19)33-8-6-32(7-9-33)13-16-12-17(15-10-14(16)11-15)23-30-25(36)21-18(26)4-5-34(21)31-23/h2-5,14-17H,6-13H2,1H3,(H,28,35)(H,30,31,36)/t14?,15?,16-,17-/m1/s1. The van der Waals surface area contributed by atoms with Crippen molar-refractivity contribution in [1.29, 1.82) is 0 Å². The normalized spacial score (nSPS) is 26.1. The number of H-pyrrole nitrogens is 1. The maximum Gasteiger partial charge on any atom is 0.278 e. The zero-order valence-corrected chi connectivity index (χ0v) is 20.1. The second-order valence-corrected chi connectivity index (χ2v) is 10.3. The highest BCUT2D eigenvalue weighted by atomic mass is 19.1. The van der Waals surface area contributed by atoms with Gasteiger partial charge in [-0.05, 0) is 55.2 Å². The summed E-state index contributed by atoms with van der Waals surface area (Å²) in [4.78, 5) is 35.3.